The molecule has 0 unspecified atom stereocenters. The lowest BCUT2D eigenvalue weighted by molar-refractivity contribution is 0.683. The van der Waals surface area contributed by atoms with Gasteiger partial charge in [-0.1, -0.05) is 32.3 Å². The summed E-state index contributed by atoms with van der Waals surface area (Å²) in [4.78, 5) is 4.34. The highest BCUT2D eigenvalue weighted by Gasteiger charge is 1.97. The first-order valence-electron chi connectivity index (χ1n) is 4.63. The van der Waals surface area contributed by atoms with Crippen molar-refractivity contribution in [2.45, 2.75) is 39.0 Å². The van der Waals surface area contributed by atoms with Crippen molar-refractivity contribution in [1.29, 1.82) is 0 Å². The molecule has 0 aliphatic carbocycles. The Morgan fingerprint density at radius 3 is 2.91 bits per heavy atom. The van der Waals surface area contributed by atoms with Crippen LogP contribution in [0.25, 0.3) is 0 Å². The lowest BCUT2D eigenvalue weighted by atomic mass is 10.1. The number of hydrogen-bond donors (Lipinski definition) is 0. The molecule has 1 aliphatic rings. The summed E-state index contributed by atoms with van der Waals surface area (Å²) in [5.74, 6) is 0. The van der Waals surface area contributed by atoms with Crippen molar-refractivity contribution in [2.24, 2.45) is 4.99 Å². The second kappa shape index (κ2) is 5.11. The summed E-state index contributed by atoms with van der Waals surface area (Å²) in [6.45, 7) is 3.16. The standard InChI is InChI=1S/C10H17N/c1-2-3-4-5-7-10-8-6-9-11-10/h6,8H,2-5,7,9H2,1H3. The molecule has 0 amide bonds. The van der Waals surface area contributed by atoms with Gasteiger partial charge in [-0.05, 0) is 18.9 Å². The van der Waals surface area contributed by atoms with Crippen LogP contribution in [0.15, 0.2) is 17.1 Å². The van der Waals surface area contributed by atoms with E-state index in [1.165, 1.54) is 37.8 Å². The molecular weight excluding hydrogens is 134 g/mol. The molecule has 0 bridgehead atoms. The Balaban J connectivity index is 1.99. The Hall–Kier alpha value is -0.590. The van der Waals surface area contributed by atoms with E-state index in [9.17, 15) is 0 Å². The van der Waals surface area contributed by atoms with Crippen molar-refractivity contribution < 1.29 is 0 Å². The van der Waals surface area contributed by atoms with Crippen molar-refractivity contribution in [3.05, 3.63) is 12.2 Å². The molecule has 0 aromatic rings. The van der Waals surface area contributed by atoms with E-state index >= 15 is 0 Å². The van der Waals surface area contributed by atoms with E-state index in [1.807, 2.05) is 0 Å². The first-order valence-corrected chi connectivity index (χ1v) is 4.63. The fourth-order valence-corrected chi connectivity index (χ4v) is 1.31. The number of allylic oxidation sites excluding steroid dienone is 1. The molecule has 62 valence electrons. The van der Waals surface area contributed by atoms with Gasteiger partial charge in [0.25, 0.3) is 0 Å². The molecule has 0 atom stereocenters. The first kappa shape index (κ1) is 8.51. The summed E-state index contributed by atoms with van der Waals surface area (Å²) >= 11 is 0. The maximum Gasteiger partial charge on any atom is 0.0577 e. The summed E-state index contributed by atoms with van der Waals surface area (Å²) in [5.41, 5.74) is 1.31. The van der Waals surface area contributed by atoms with Crippen LogP contribution in [-0.4, -0.2) is 12.3 Å². The predicted octanol–water partition coefficient (Wildman–Crippen LogP) is 2.97. The van der Waals surface area contributed by atoms with Gasteiger partial charge in [-0.3, -0.25) is 4.99 Å². The topological polar surface area (TPSA) is 12.4 Å². The van der Waals surface area contributed by atoms with E-state index < -0.39 is 0 Å². The van der Waals surface area contributed by atoms with Crippen molar-refractivity contribution in [3.63, 3.8) is 0 Å². The molecule has 1 heteroatoms. The normalized spacial score (nSPS) is 15.5. The van der Waals surface area contributed by atoms with Crippen LogP contribution in [0.2, 0.25) is 0 Å². The molecule has 1 rings (SSSR count). The first-order chi connectivity index (χ1) is 5.43. The summed E-state index contributed by atoms with van der Waals surface area (Å²) < 4.78 is 0. The summed E-state index contributed by atoms with van der Waals surface area (Å²) in [7, 11) is 0. The van der Waals surface area contributed by atoms with Gasteiger partial charge in [0.05, 0.1) is 6.54 Å². The van der Waals surface area contributed by atoms with Crippen LogP contribution < -0.4 is 0 Å². The van der Waals surface area contributed by atoms with Crippen molar-refractivity contribution in [1.82, 2.24) is 0 Å². The van der Waals surface area contributed by atoms with Crippen molar-refractivity contribution >= 4 is 5.71 Å². The van der Waals surface area contributed by atoms with E-state index in [-0.39, 0.29) is 0 Å². The largest absolute Gasteiger partial charge is 0.286 e. The Bertz CT molecular complexity index is 156. The van der Waals surface area contributed by atoms with Crippen molar-refractivity contribution in [3.8, 4) is 0 Å². The van der Waals surface area contributed by atoms with Gasteiger partial charge in [0, 0.05) is 5.71 Å². The SMILES string of the molecule is CCCCCCC1=NCC=C1. The minimum absolute atomic E-state index is 0.920. The van der Waals surface area contributed by atoms with Crippen LogP contribution in [0.1, 0.15) is 39.0 Å². The van der Waals surface area contributed by atoms with Gasteiger partial charge in [-0.25, -0.2) is 0 Å². The van der Waals surface area contributed by atoms with Crippen LogP contribution >= 0.6 is 0 Å². The Labute approximate surface area is 69.2 Å². The third-order valence-corrected chi connectivity index (χ3v) is 2.00. The monoisotopic (exact) mass is 151 g/mol. The Kier molecular flexibility index (Phi) is 3.95. The van der Waals surface area contributed by atoms with Crippen LogP contribution in [0.5, 0.6) is 0 Å². The molecule has 0 saturated heterocycles. The smallest absolute Gasteiger partial charge is 0.0577 e. The molecule has 1 heterocycles. The second-order valence-electron chi connectivity index (χ2n) is 3.05. The molecule has 11 heavy (non-hydrogen) atoms. The van der Waals surface area contributed by atoms with Crippen LogP contribution in [-0.2, 0) is 0 Å². The van der Waals surface area contributed by atoms with E-state index in [0.29, 0.717) is 0 Å². The van der Waals surface area contributed by atoms with E-state index in [4.69, 9.17) is 0 Å². The molecule has 1 aliphatic heterocycles. The summed E-state index contributed by atoms with van der Waals surface area (Å²) in [6, 6.07) is 0. The zero-order valence-electron chi connectivity index (χ0n) is 7.34. The van der Waals surface area contributed by atoms with E-state index in [1.54, 1.807) is 0 Å². The molecular formula is C10H17N. The maximum absolute atomic E-state index is 4.34. The van der Waals surface area contributed by atoms with Gasteiger partial charge in [0.15, 0.2) is 0 Å². The molecule has 0 saturated carbocycles. The molecule has 0 aromatic heterocycles. The number of nitrogens with zero attached hydrogens (tertiary/aromatic N) is 1. The van der Waals surface area contributed by atoms with Gasteiger partial charge in [-0.2, -0.15) is 0 Å². The minimum Gasteiger partial charge on any atom is -0.286 e. The number of hydrogen-bond acceptors (Lipinski definition) is 1. The van der Waals surface area contributed by atoms with Gasteiger partial charge in [0.2, 0.25) is 0 Å². The fraction of sp³-hybridized carbons (Fsp3) is 0.700. The van der Waals surface area contributed by atoms with Crippen molar-refractivity contribution in [2.75, 3.05) is 6.54 Å². The Morgan fingerprint density at radius 2 is 2.27 bits per heavy atom. The van der Waals surface area contributed by atoms with Crippen LogP contribution in [0.4, 0.5) is 0 Å². The van der Waals surface area contributed by atoms with Gasteiger partial charge in [0.1, 0.15) is 0 Å². The highest BCUT2D eigenvalue weighted by Crippen LogP contribution is 2.06. The van der Waals surface area contributed by atoms with Crippen LogP contribution in [0.3, 0.4) is 0 Å². The van der Waals surface area contributed by atoms with Crippen LogP contribution in [0, 0.1) is 0 Å². The number of rotatable bonds is 5. The molecule has 0 N–H and O–H groups in total. The maximum atomic E-state index is 4.34. The highest BCUT2D eigenvalue weighted by molar-refractivity contribution is 5.96. The third kappa shape index (κ3) is 3.35. The number of aliphatic imine (C=N–C) groups is 1. The molecule has 0 radical (unpaired) electrons. The zero-order valence-corrected chi connectivity index (χ0v) is 7.34. The van der Waals surface area contributed by atoms with Gasteiger partial charge < -0.3 is 0 Å². The molecule has 0 aromatic carbocycles. The van der Waals surface area contributed by atoms with Gasteiger partial charge >= 0.3 is 0 Å². The molecule has 0 spiro atoms. The summed E-state index contributed by atoms with van der Waals surface area (Å²) in [5, 5.41) is 0. The van der Waals surface area contributed by atoms with Gasteiger partial charge in [-0.15, -0.1) is 0 Å². The minimum atomic E-state index is 0.920. The zero-order chi connectivity index (χ0) is 7.94. The average Bonchev–Trinajstić information content (AvgIpc) is 2.50. The molecule has 1 nitrogen and oxygen atoms in total. The van der Waals surface area contributed by atoms with E-state index in [2.05, 4.69) is 24.1 Å². The number of unbranched alkanes of at least 4 members (excludes halogenated alkanes) is 3. The Morgan fingerprint density at radius 1 is 1.36 bits per heavy atom. The lowest BCUT2D eigenvalue weighted by Crippen LogP contribution is -1.90. The second-order valence-corrected chi connectivity index (χ2v) is 3.05. The average molecular weight is 151 g/mol. The predicted molar refractivity (Wildman–Crippen MR) is 50.2 cm³/mol. The summed E-state index contributed by atoms with van der Waals surface area (Å²) in [6.07, 6.45) is 10.9. The lowest BCUT2D eigenvalue weighted by Gasteiger charge is -1.97. The molecule has 0 fully saturated rings. The highest BCUT2D eigenvalue weighted by atomic mass is 14.7. The fourth-order valence-electron chi connectivity index (χ4n) is 1.31. The third-order valence-electron chi connectivity index (χ3n) is 2.00. The van der Waals surface area contributed by atoms with E-state index in [0.717, 1.165) is 6.54 Å². The quantitative estimate of drug-likeness (QED) is 0.536.